The molecule has 0 aromatic carbocycles. The molecule has 2 aromatic heterocycles. The first-order chi connectivity index (χ1) is 12.4. The SMILES string of the molecule is CCS(=O)(=O)N1CCC[C@H](Cc2cc(Nc3ncc(C)s3)nc(C)n2)C1. The number of aromatic nitrogens is 3. The van der Waals surface area contributed by atoms with E-state index < -0.39 is 10.0 Å². The molecule has 3 rings (SSSR count). The molecule has 0 bridgehead atoms. The number of rotatable bonds is 6. The Bertz CT molecular complexity index is 866. The Labute approximate surface area is 159 Å². The second-order valence-electron chi connectivity index (χ2n) is 6.66. The number of hydrogen-bond donors (Lipinski definition) is 1. The van der Waals surface area contributed by atoms with Crippen LogP contribution in [-0.4, -0.2) is 46.5 Å². The molecule has 1 aliphatic rings. The van der Waals surface area contributed by atoms with Gasteiger partial charge in [0.15, 0.2) is 5.13 Å². The molecule has 1 N–H and O–H groups in total. The van der Waals surface area contributed by atoms with Crippen molar-refractivity contribution >= 4 is 32.3 Å². The van der Waals surface area contributed by atoms with Crippen LogP contribution in [0.3, 0.4) is 0 Å². The lowest BCUT2D eigenvalue weighted by Crippen LogP contribution is -2.41. The highest BCUT2D eigenvalue weighted by molar-refractivity contribution is 7.89. The maximum atomic E-state index is 12.2. The van der Waals surface area contributed by atoms with Crippen LogP contribution in [0.2, 0.25) is 0 Å². The maximum Gasteiger partial charge on any atom is 0.213 e. The minimum absolute atomic E-state index is 0.160. The first-order valence-electron chi connectivity index (χ1n) is 8.87. The highest BCUT2D eigenvalue weighted by Gasteiger charge is 2.28. The van der Waals surface area contributed by atoms with Crippen molar-refractivity contribution in [2.24, 2.45) is 5.92 Å². The molecule has 1 saturated heterocycles. The van der Waals surface area contributed by atoms with Gasteiger partial charge in [-0.2, -0.15) is 0 Å². The van der Waals surface area contributed by atoms with Crippen LogP contribution in [0.5, 0.6) is 0 Å². The first-order valence-corrected chi connectivity index (χ1v) is 11.3. The summed E-state index contributed by atoms with van der Waals surface area (Å²) in [6, 6.07) is 1.94. The van der Waals surface area contributed by atoms with Crippen molar-refractivity contribution in [3.8, 4) is 0 Å². The van der Waals surface area contributed by atoms with Crippen LogP contribution >= 0.6 is 11.3 Å². The van der Waals surface area contributed by atoms with Crippen LogP contribution in [-0.2, 0) is 16.4 Å². The van der Waals surface area contributed by atoms with Gasteiger partial charge in [0.25, 0.3) is 0 Å². The highest BCUT2D eigenvalue weighted by atomic mass is 32.2. The van der Waals surface area contributed by atoms with Gasteiger partial charge in [-0.05, 0) is 46.0 Å². The molecule has 1 atom stereocenters. The van der Waals surface area contributed by atoms with Crippen LogP contribution < -0.4 is 5.32 Å². The van der Waals surface area contributed by atoms with Gasteiger partial charge in [0.05, 0.1) is 5.75 Å². The maximum absolute atomic E-state index is 12.2. The van der Waals surface area contributed by atoms with E-state index in [0.29, 0.717) is 18.9 Å². The molecule has 7 nitrogen and oxygen atoms in total. The molecule has 26 heavy (non-hydrogen) atoms. The number of hydrogen-bond acceptors (Lipinski definition) is 7. The highest BCUT2D eigenvalue weighted by Crippen LogP contribution is 2.25. The normalized spacial score (nSPS) is 18.8. The van der Waals surface area contributed by atoms with Crippen molar-refractivity contribution in [3.05, 3.63) is 28.7 Å². The van der Waals surface area contributed by atoms with Crippen LogP contribution in [0.1, 0.15) is 36.2 Å². The Morgan fingerprint density at radius 3 is 2.85 bits per heavy atom. The first kappa shape index (κ1) is 19.2. The summed E-state index contributed by atoms with van der Waals surface area (Å²) >= 11 is 1.58. The van der Waals surface area contributed by atoms with Crippen molar-refractivity contribution in [2.45, 2.75) is 40.0 Å². The Morgan fingerprint density at radius 2 is 2.15 bits per heavy atom. The molecular formula is C17H25N5O2S2. The topological polar surface area (TPSA) is 88.1 Å². The Balaban J connectivity index is 1.71. The quantitative estimate of drug-likeness (QED) is 0.809. The molecule has 142 valence electrons. The zero-order chi connectivity index (χ0) is 18.7. The Morgan fingerprint density at radius 1 is 1.35 bits per heavy atom. The summed E-state index contributed by atoms with van der Waals surface area (Å²) < 4.78 is 25.9. The van der Waals surface area contributed by atoms with Gasteiger partial charge in [0.2, 0.25) is 10.0 Å². The monoisotopic (exact) mass is 395 g/mol. The zero-order valence-electron chi connectivity index (χ0n) is 15.4. The van der Waals surface area contributed by atoms with Gasteiger partial charge in [-0.3, -0.25) is 0 Å². The second-order valence-corrected chi connectivity index (χ2v) is 10.2. The predicted molar refractivity (Wildman–Crippen MR) is 104 cm³/mol. The van der Waals surface area contributed by atoms with Crippen LogP contribution in [0.25, 0.3) is 0 Å². The fourth-order valence-electron chi connectivity index (χ4n) is 3.24. The average Bonchev–Trinajstić information content (AvgIpc) is 2.99. The van der Waals surface area contributed by atoms with E-state index in [1.807, 2.05) is 26.1 Å². The fraction of sp³-hybridized carbons (Fsp3) is 0.588. The van der Waals surface area contributed by atoms with Gasteiger partial charge < -0.3 is 5.32 Å². The van der Waals surface area contributed by atoms with Gasteiger partial charge in [-0.15, -0.1) is 11.3 Å². The van der Waals surface area contributed by atoms with Gasteiger partial charge in [0, 0.05) is 35.9 Å². The molecule has 0 saturated carbocycles. The molecular weight excluding hydrogens is 370 g/mol. The minimum atomic E-state index is -3.12. The van der Waals surface area contributed by atoms with E-state index in [0.717, 1.165) is 40.8 Å². The molecule has 2 aromatic rings. The second kappa shape index (κ2) is 7.98. The molecule has 1 fully saturated rings. The molecule has 0 radical (unpaired) electrons. The van der Waals surface area contributed by atoms with Crippen molar-refractivity contribution in [2.75, 3.05) is 24.2 Å². The average molecular weight is 396 g/mol. The van der Waals surface area contributed by atoms with E-state index in [2.05, 4.69) is 20.3 Å². The third kappa shape index (κ3) is 4.77. The summed E-state index contributed by atoms with van der Waals surface area (Å²) in [6.07, 6.45) is 4.50. The Kier molecular flexibility index (Phi) is 5.89. The molecule has 0 aliphatic carbocycles. The van der Waals surface area contributed by atoms with Crippen molar-refractivity contribution in [1.29, 1.82) is 0 Å². The summed E-state index contributed by atoms with van der Waals surface area (Å²) in [5.74, 6) is 1.88. The number of nitrogens with zero attached hydrogens (tertiary/aromatic N) is 4. The van der Waals surface area contributed by atoms with E-state index >= 15 is 0 Å². The third-order valence-corrected chi connectivity index (χ3v) is 7.16. The van der Waals surface area contributed by atoms with Gasteiger partial charge in [-0.1, -0.05) is 0 Å². The largest absolute Gasteiger partial charge is 0.316 e. The number of piperidine rings is 1. The third-order valence-electron chi connectivity index (χ3n) is 4.48. The summed E-state index contributed by atoms with van der Waals surface area (Å²) in [6.45, 7) is 6.79. The molecule has 0 spiro atoms. The number of thiazole rings is 1. The van der Waals surface area contributed by atoms with Crippen LogP contribution in [0, 0.1) is 19.8 Å². The van der Waals surface area contributed by atoms with E-state index in [9.17, 15) is 8.42 Å². The number of nitrogens with one attached hydrogen (secondary N) is 1. The number of sulfonamides is 1. The summed E-state index contributed by atoms with van der Waals surface area (Å²) in [5, 5.41) is 4.05. The molecule has 0 amide bonds. The van der Waals surface area contributed by atoms with Gasteiger partial charge in [0.1, 0.15) is 11.6 Å². The minimum Gasteiger partial charge on any atom is -0.316 e. The molecule has 1 aliphatic heterocycles. The van der Waals surface area contributed by atoms with Crippen LogP contribution in [0.15, 0.2) is 12.3 Å². The van der Waals surface area contributed by atoms with Crippen molar-refractivity contribution in [1.82, 2.24) is 19.3 Å². The summed E-state index contributed by atoms with van der Waals surface area (Å²) in [4.78, 5) is 14.4. The lowest BCUT2D eigenvalue weighted by Gasteiger charge is -2.31. The lowest BCUT2D eigenvalue weighted by atomic mass is 9.94. The molecule has 0 unspecified atom stereocenters. The summed E-state index contributed by atoms with van der Waals surface area (Å²) in [7, 11) is -3.12. The summed E-state index contributed by atoms with van der Waals surface area (Å²) in [5.41, 5.74) is 0.939. The van der Waals surface area contributed by atoms with E-state index in [-0.39, 0.29) is 11.7 Å². The number of aryl methyl sites for hydroxylation is 2. The standard InChI is InChI=1S/C17H25N5O2S2/c1-4-26(23,24)22-7-5-6-14(11-22)8-15-9-16(20-13(3)19-15)21-17-18-10-12(2)25-17/h9-10,14H,4-8,11H2,1-3H3,(H,18,19,20,21)/t14-/m1/s1. The smallest absolute Gasteiger partial charge is 0.213 e. The van der Waals surface area contributed by atoms with E-state index in [1.165, 1.54) is 0 Å². The Hall–Kier alpha value is -1.58. The van der Waals surface area contributed by atoms with Crippen molar-refractivity contribution < 1.29 is 8.42 Å². The predicted octanol–water partition coefficient (Wildman–Crippen LogP) is 2.90. The molecule has 9 heteroatoms. The lowest BCUT2D eigenvalue weighted by molar-refractivity contribution is 0.264. The van der Waals surface area contributed by atoms with E-state index in [4.69, 9.17) is 0 Å². The van der Waals surface area contributed by atoms with Gasteiger partial charge >= 0.3 is 0 Å². The van der Waals surface area contributed by atoms with E-state index in [1.54, 1.807) is 22.6 Å². The van der Waals surface area contributed by atoms with Crippen LogP contribution in [0.4, 0.5) is 10.9 Å². The van der Waals surface area contributed by atoms with Crippen molar-refractivity contribution in [3.63, 3.8) is 0 Å². The fourth-order valence-corrected chi connectivity index (χ4v) is 5.13. The number of anilines is 2. The molecule has 3 heterocycles. The zero-order valence-corrected chi connectivity index (χ0v) is 17.0. The van der Waals surface area contributed by atoms with Gasteiger partial charge in [-0.25, -0.2) is 27.7 Å².